The molecule has 0 amide bonds. The highest BCUT2D eigenvalue weighted by molar-refractivity contribution is 7.90. The van der Waals surface area contributed by atoms with Gasteiger partial charge in [0.15, 0.2) is 9.84 Å². The summed E-state index contributed by atoms with van der Waals surface area (Å²) in [5.41, 5.74) is 0.526. The fourth-order valence-corrected chi connectivity index (χ4v) is 2.39. The molecule has 0 spiro atoms. The van der Waals surface area contributed by atoms with Crippen molar-refractivity contribution in [1.82, 2.24) is 0 Å². The lowest BCUT2D eigenvalue weighted by atomic mass is 10.0. The number of rotatable bonds is 2. The van der Waals surface area contributed by atoms with E-state index in [0.29, 0.717) is 17.2 Å². The molecule has 0 saturated carbocycles. The summed E-state index contributed by atoms with van der Waals surface area (Å²) in [6.07, 6.45) is 2.10. The SMILES string of the molecule is CCC1(C)CNc2cc(S(C)(=O)=O)ccc2O1. The second kappa shape index (κ2) is 3.91. The van der Waals surface area contributed by atoms with E-state index in [9.17, 15) is 8.42 Å². The van der Waals surface area contributed by atoms with Gasteiger partial charge in [-0.3, -0.25) is 0 Å². The molecule has 4 nitrogen and oxygen atoms in total. The summed E-state index contributed by atoms with van der Waals surface area (Å²) < 4.78 is 28.7. The lowest BCUT2D eigenvalue weighted by Gasteiger charge is -2.35. The van der Waals surface area contributed by atoms with Crippen LogP contribution in [0.1, 0.15) is 20.3 Å². The fraction of sp³-hybridized carbons (Fsp3) is 0.500. The number of ether oxygens (including phenoxy) is 1. The molecule has 1 aliphatic heterocycles. The van der Waals surface area contributed by atoms with Gasteiger partial charge in [0.25, 0.3) is 0 Å². The number of benzene rings is 1. The summed E-state index contributed by atoms with van der Waals surface area (Å²) in [6.45, 7) is 4.79. The Hall–Kier alpha value is -1.23. The number of sulfone groups is 1. The molecule has 5 heteroatoms. The molecule has 1 atom stereocenters. The molecule has 94 valence electrons. The first-order valence-electron chi connectivity index (χ1n) is 5.61. The highest BCUT2D eigenvalue weighted by Gasteiger charge is 2.29. The van der Waals surface area contributed by atoms with Gasteiger partial charge in [0.1, 0.15) is 11.4 Å². The van der Waals surface area contributed by atoms with Gasteiger partial charge in [-0.2, -0.15) is 0 Å². The van der Waals surface area contributed by atoms with Crippen molar-refractivity contribution in [3.8, 4) is 5.75 Å². The first-order chi connectivity index (χ1) is 7.84. The van der Waals surface area contributed by atoms with Crippen LogP contribution in [0.5, 0.6) is 5.75 Å². The minimum Gasteiger partial charge on any atom is -0.484 e. The topological polar surface area (TPSA) is 55.4 Å². The molecule has 1 heterocycles. The third-order valence-electron chi connectivity index (χ3n) is 3.14. The summed E-state index contributed by atoms with van der Waals surface area (Å²) in [6, 6.07) is 4.92. The maximum Gasteiger partial charge on any atom is 0.175 e. The molecular weight excluding hydrogens is 238 g/mol. The molecule has 1 aromatic carbocycles. The quantitative estimate of drug-likeness (QED) is 0.879. The first kappa shape index (κ1) is 12.2. The van der Waals surface area contributed by atoms with Crippen LogP contribution < -0.4 is 10.1 Å². The molecule has 1 aromatic rings. The van der Waals surface area contributed by atoms with Gasteiger partial charge in [-0.15, -0.1) is 0 Å². The molecule has 1 unspecified atom stereocenters. The first-order valence-corrected chi connectivity index (χ1v) is 7.50. The number of nitrogens with one attached hydrogen (secondary N) is 1. The second-order valence-corrected chi connectivity index (χ2v) is 6.70. The summed E-state index contributed by atoms with van der Waals surface area (Å²) in [5.74, 6) is 0.716. The summed E-state index contributed by atoms with van der Waals surface area (Å²) in [4.78, 5) is 0.312. The van der Waals surface area contributed by atoms with E-state index in [-0.39, 0.29) is 5.60 Å². The van der Waals surface area contributed by atoms with Crippen LogP contribution in [-0.2, 0) is 9.84 Å². The second-order valence-electron chi connectivity index (χ2n) is 4.69. The van der Waals surface area contributed by atoms with Gasteiger partial charge in [0.2, 0.25) is 0 Å². The van der Waals surface area contributed by atoms with E-state index in [0.717, 1.165) is 12.1 Å². The van der Waals surface area contributed by atoms with E-state index in [1.165, 1.54) is 6.26 Å². The van der Waals surface area contributed by atoms with Gasteiger partial charge in [-0.05, 0) is 31.5 Å². The monoisotopic (exact) mass is 255 g/mol. The molecule has 0 fully saturated rings. The minimum atomic E-state index is -3.17. The highest BCUT2D eigenvalue weighted by atomic mass is 32.2. The average molecular weight is 255 g/mol. The molecule has 1 N–H and O–H groups in total. The summed E-state index contributed by atoms with van der Waals surface area (Å²) in [7, 11) is -3.17. The lowest BCUT2D eigenvalue weighted by molar-refractivity contribution is 0.0910. The van der Waals surface area contributed by atoms with Crippen LogP contribution in [0, 0.1) is 0 Å². The van der Waals surface area contributed by atoms with Crippen molar-refractivity contribution < 1.29 is 13.2 Å². The molecule has 0 aromatic heterocycles. The van der Waals surface area contributed by atoms with Crippen molar-refractivity contribution in [3.05, 3.63) is 18.2 Å². The van der Waals surface area contributed by atoms with Gasteiger partial charge in [-0.1, -0.05) is 6.92 Å². The zero-order chi connectivity index (χ0) is 12.7. The molecule has 1 aliphatic rings. The Labute approximate surface area is 102 Å². The summed E-state index contributed by atoms with van der Waals surface area (Å²) >= 11 is 0. The zero-order valence-corrected chi connectivity index (χ0v) is 11.1. The predicted molar refractivity (Wildman–Crippen MR) is 67.4 cm³/mol. The zero-order valence-electron chi connectivity index (χ0n) is 10.3. The van der Waals surface area contributed by atoms with E-state index in [4.69, 9.17) is 4.74 Å². The van der Waals surface area contributed by atoms with Crippen LogP contribution in [0.4, 0.5) is 5.69 Å². The van der Waals surface area contributed by atoms with Gasteiger partial charge in [0, 0.05) is 6.26 Å². The number of fused-ring (bicyclic) bond motifs is 1. The Balaban J connectivity index is 2.39. The van der Waals surface area contributed by atoms with Crippen LogP contribution in [0.15, 0.2) is 23.1 Å². The van der Waals surface area contributed by atoms with Crippen molar-refractivity contribution in [2.75, 3.05) is 18.1 Å². The van der Waals surface area contributed by atoms with Crippen LogP contribution in [0.2, 0.25) is 0 Å². The molecule has 0 saturated heterocycles. The number of anilines is 1. The number of hydrogen-bond donors (Lipinski definition) is 1. The van der Waals surface area contributed by atoms with Gasteiger partial charge in [-0.25, -0.2) is 8.42 Å². The van der Waals surface area contributed by atoms with E-state index >= 15 is 0 Å². The van der Waals surface area contributed by atoms with Crippen molar-refractivity contribution in [1.29, 1.82) is 0 Å². The average Bonchev–Trinajstić information content (AvgIpc) is 2.27. The maximum atomic E-state index is 11.4. The third-order valence-corrected chi connectivity index (χ3v) is 4.25. The standard InChI is InChI=1S/C12H17NO3S/c1-4-12(2)8-13-10-7-9(17(3,14)15)5-6-11(10)16-12/h5-7,13H,4,8H2,1-3H3. The van der Waals surface area contributed by atoms with Crippen molar-refractivity contribution in [2.24, 2.45) is 0 Å². The lowest BCUT2D eigenvalue weighted by Crippen LogP contribution is -2.42. The normalized spacial score (nSPS) is 23.5. The Morgan fingerprint density at radius 3 is 2.76 bits per heavy atom. The van der Waals surface area contributed by atoms with Crippen molar-refractivity contribution in [3.63, 3.8) is 0 Å². The molecule has 17 heavy (non-hydrogen) atoms. The van der Waals surface area contributed by atoms with Crippen LogP contribution in [0.25, 0.3) is 0 Å². The Morgan fingerprint density at radius 1 is 1.47 bits per heavy atom. The smallest absolute Gasteiger partial charge is 0.175 e. The largest absolute Gasteiger partial charge is 0.484 e. The van der Waals surface area contributed by atoms with Gasteiger partial charge in [0.05, 0.1) is 17.1 Å². The molecular formula is C12H17NO3S. The van der Waals surface area contributed by atoms with E-state index in [1.54, 1.807) is 18.2 Å². The van der Waals surface area contributed by atoms with E-state index in [1.807, 2.05) is 6.92 Å². The Kier molecular flexibility index (Phi) is 2.81. The van der Waals surface area contributed by atoms with E-state index in [2.05, 4.69) is 12.2 Å². The third kappa shape index (κ3) is 2.39. The molecule has 2 rings (SSSR count). The van der Waals surface area contributed by atoms with E-state index < -0.39 is 9.84 Å². The fourth-order valence-electron chi connectivity index (χ4n) is 1.75. The molecule has 0 bridgehead atoms. The summed E-state index contributed by atoms with van der Waals surface area (Å²) in [5, 5.41) is 3.23. The Bertz CT molecular complexity index is 539. The van der Waals surface area contributed by atoms with Crippen LogP contribution in [0.3, 0.4) is 0 Å². The Morgan fingerprint density at radius 2 is 2.18 bits per heavy atom. The minimum absolute atomic E-state index is 0.223. The van der Waals surface area contributed by atoms with Gasteiger partial charge < -0.3 is 10.1 Å². The van der Waals surface area contributed by atoms with Crippen LogP contribution in [-0.4, -0.2) is 26.8 Å². The highest BCUT2D eigenvalue weighted by Crippen LogP contribution is 2.35. The molecule has 0 aliphatic carbocycles. The van der Waals surface area contributed by atoms with Gasteiger partial charge >= 0.3 is 0 Å². The van der Waals surface area contributed by atoms with Crippen molar-refractivity contribution >= 4 is 15.5 Å². The number of hydrogen-bond acceptors (Lipinski definition) is 4. The maximum absolute atomic E-state index is 11.4. The van der Waals surface area contributed by atoms with Crippen molar-refractivity contribution in [2.45, 2.75) is 30.8 Å². The predicted octanol–water partition coefficient (Wildman–Crippen LogP) is 2.06. The molecule has 0 radical (unpaired) electrons. The van der Waals surface area contributed by atoms with Crippen LogP contribution >= 0.6 is 0 Å².